The predicted octanol–water partition coefficient (Wildman–Crippen LogP) is 3.31. The van der Waals surface area contributed by atoms with Crippen LogP contribution in [0.4, 0.5) is 5.69 Å². The zero-order valence-electron chi connectivity index (χ0n) is 12.5. The molecule has 1 aromatic heterocycles. The van der Waals surface area contributed by atoms with Crippen molar-refractivity contribution in [1.29, 1.82) is 0 Å². The van der Waals surface area contributed by atoms with E-state index in [4.69, 9.17) is 4.52 Å². The molecule has 0 radical (unpaired) electrons. The number of hydrogen-bond acceptors (Lipinski definition) is 4. The summed E-state index contributed by atoms with van der Waals surface area (Å²) >= 11 is 3.47. The minimum Gasteiger partial charge on any atom is -0.339 e. The average Bonchev–Trinajstić information content (AvgIpc) is 3.13. The molecule has 0 atom stereocenters. The van der Waals surface area contributed by atoms with Crippen LogP contribution in [-0.2, 0) is 24.1 Å². The van der Waals surface area contributed by atoms with Crippen LogP contribution in [0.5, 0.6) is 0 Å². The average molecular weight is 364 g/mol. The Morgan fingerprint density at radius 2 is 2.32 bits per heavy atom. The molecule has 0 N–H and O–H groups in total. The summed E-state index contributed by atoms with van der Waals surface area (Å²) in [5, 5.41) is 3.86. The first-order valence-corrected chi connectivity index (χ1v) is 8.37. The third kappa shape index (κ3) is 3.21. The Morgan fingerprint density at radius 1 is 1.45 bits per heavy atom. The lowest BCUT2D eigenvalue weighted by Crippen LogP contribution is -2.28. The molecule has 2 aromatic rings. The molecular weight excluding hydrogens is 346 g/mol. The summed E-state index contributed by atoms with van der Waals surface area (Å²) in [6, 6.07) is 6.08. The number of nitrogens with zero attached hydrogens (tertiary/aromatic N) is 3. The molecule has 1 aromatic carbocycles. The second kappa shape index (κ2) is 6.60. The molecule has 1 aliphatic heterocycles. The van der Waals surface area contributed by atoms with Gasteiger partial charge in [-0.15, -0.1) is 0 Å². The molecule has 3 rings (SSSR count). The van der Waals surface area contributed by atoms with Gasteiger partial charge in [-0.1, -0.05) is 28.0 Å². The van der Waals surface area contributed by atoms with Gasteiger partial charge in [0.25, 0.3) is 0 Å². The Labute approximate surface area is 137 Å². The maximum absolute atomic E-state index is 12.4. The molecule has 2 heterocycles. The van der Waals surface area contributed by atoms with Crippen molar-refractivity contribution in [3.8, 4) is 0 Å². The Morgan fingerprint density at radius 3 is 3.09 bits per heavy atom. The zero-order valence-corrected chi connectivity index (χ0v) is 14.1. The number of rotatable bonds is 5. The predicted molar refractivity (Wildman–Crippen MR) is 86.8 cm³/mol. The molecule has 0 unspecified atom stereocenters. The number of carbonyl (C=O) groups excluding carboxylic acids is 1. The lowest BCUT2D eigenvalue weighted by Gasteiger charge is -2.17. The molecular formula is C16H18BrN3O2. The van der Waals surface area contributed by atoms with Gasteiger partial charge < -0.3 is 9.42 Å². The minimum absolute atomic E-state index is 0.163. The van der Waals surface area contributed by atoms with Gasteiger partial charge in [0, 0.05) is 36.0 Å². The quantitative estimate of drug-likeness (QED) is 0.817. The van der Waals surface area contributed by atoms with Crippen LogP contribution in [0.25, 0.3) is 0 Å². The summed E-state index contributed by atoms with van der Waals surface area (Å²) in [7, 11) is 0. The standard InChI is InChI=1S/C16H18BrN3O2/c1-2-14-18-15(22-19-14)4-3-5-16(21)20-9-8-11-10-12(17)6-7-13(11)20/h6-7,10H,2-5,8-9H2,1H3. The first-order valence-electron chi connectivity index (χ1n) is 7.57. The number of benzene rings is 1. The van der Waals surface area contributed by atoms with Gasteiger partial charge in [0.1, 0.15) is 0 Å². The number of fused-ring (bicyclic) bond motifs is 1. The van der Waals surface area contributed by atoms with Crippen molar-refractivity contribution in [3.05, 3.63) is 40.0 Å². The van der Waals surface area contributed by atoms with Crippen LogP contribution in [0.2, 0.25) is 0 Å². The number of aromatic nitrogens is 2. The van der Waals surface area contributed by atoms with Gasteiger partial charge in [0.15, 0.2) is 5.82 Å². The van der Waals surface area contributed by atoms with E-state index in [1.54, 1.807) is 0 Å². The van der Waals surface area contributed by atoms with E-state index in [1.807, 2.05) is 24.0 Å². The van der Waals surface area contributed by atoms with Crippen molar-refractivity contribution in [2.24, 2.45) is 0 Å². The number of halogens is 1. The molecule has 0 aliphatic carbocycles. The summed E-state index contributed by atoms with van der Waals surface area (Å²) in [6.45, 7) is 2.76. The summed E-state index contributed by atoms with van der Waals surface area (Å²) in [6.07, 6.45) is 3.57. The van der Waals surface area contributed by atoms with Crippen LogP contribution in [-0.4, -0.2) is 22.6 Å². The largest absolute Gasteiger partial charge is 0.339 e. The summed E-state index contributed by atoms with van der Waals surface area (Å²) in [5.41, 5.74) is 2.27. The molecule has 1 amide bonds. The molecule has 6 heteroatoms. The fourth-order valence-electron chi connectivity index (χ4n) is 2.69. The molecule has 0 saturated heterocycles. The van der Waals surface area contributed by atoms with E-state index in [0.717, 1.165) is 41.8 Å². The number of amides is 1. The Bertz CT molecular complexity index is 684. The van der Waals surface area contributed by atoms with Crippen LogP contribution in [0.3, 0.4) is 0 Å². The highest BCUT2D eigenvalue weighted by atomic mass is 79.9. The van der Waals surface area contributed by atoms with Gasteiger partial charge in [0.2, 0.25) is 11.8 Å². The lowest BCUT2D eigenvalue weighted by atomic mass is 10.2. The van der Waals surface area contributed by atoms with Gasteiger partial charge in [-0.25, -0.2) is 0 Å². The summed E-state index contributed by atoms with van der Waals surface area (Å²) in [5.74, 6) is 1.51. The van der Waals surface area contributed by atoms with Crippen LogP contribution < -0.4 is 4.90 Å². The van der Waals surface area contributed by atoms with Gasteiger partial charge >= 0.3 is 0 Å². The Hall–Kier alpha value is -1.69. The number of anilines is 1. The van der Waals surface area contributed by atoms with E-state index >= 15 is 0 Å². The number of carbonyl (C=O) groups is 1. The first-order chi connectivity index (χ1) is 10.7. The van der Waals surface area contributed by atoms with Crippen LogP contribution >= 0.6 is 15.9 Å². The highest BCUT2D eigenvalue weighted by Crippen LogP contribution is 2.31. The maximum atomic E-state index is 12.4. The smallest absolute Gasteiger partial charge is 0.227 e. The van der Waals surface area contributed by atoms with E-state index in [1.165, 1.54) is 5.56 Å². The van der Waals surface area contributed by atoms with E-state index in [0.29, 0.717) is 18.7 Å². The molecule has 0 saturated carbocycles. The lowest BCUT2D eigenvalue weighted by molar-refractivity contribution is -0.118. The molecule has 5 nitrogen and oxygen atoms in total. The fraction of sp³-hybridized carbons (Fsp3) is 0.438. The maximum Gasteiger partial charge on any atom is 0.227 e. The molecule has 0 spiro atoms. The highest BCUT2D eigenvalue weighted by molar-refractivity contribution is 9.10. The van der Waals surface area contributed by atoms with Gasteiger partial charge in [-0.05, 0) is 36.6 Å². The van der Waals surface area contributed by atoms with E-state index < -0.39 is 0 Å². The number of hydrogen-bond donors (Lipinski definition) is 0. The molecule has 22 heavy (non-hydrogen) atoms. The third-order valence-electron chi connectivity index (χ3n) is 3.85. The number of aryl methyl sites for hydroxylation is 2. The van der Waals surface area contributed by atoms with E-state index in [-0.39, 0.29) is 5.91 Å². The van der Waals surface area contributed by atoms with E-state index in [2.05, 4.69) is 32.1 Å². The molecule has 116 valence electrons. The monoisotopic (exact) mass is 363 g/mol. The SMILES string of the molecule is CCc1noc(CCCC(=O)N2CCc3cc(Br)ccc32)n1. The van der Waals surface area contributed by atoms with Crippen molar-refractivity contribution < 1.29 is 9.32 Å². The third-order valence-corrected chi connectivity index (χ3v) is 4.34. The summed E-state index contributed by atoms with van der Waals surface area (Å²) in [4.78, 5) is 18.5. The molecule has 0 bridgehead atoms. The minimum atomic E-state index is 0.163. The van der Waals surface area contributed by atoms with Crippen LogP contribution in [0, 0.1) is 0 Å². The van der Waals surface area contributed by atoms with Crippen molar-refractivity contribution in [1.82, 2.24) is 10.1 Å². The van der Waals surface area contributed by atoms with Crippen molar-refractivity contribution in [2.45, 2.75) is 39.0 Å². The summed E-state index contributed by atoms with van der Waals surface area (Å²) < 4.78 is 6.20. The molecule has 1 aliphatic rings. The second-order valence-corrected chi connectivity index (χ2v) is 6.30. The van der Waals surface area contributed by atoms with E-state index in [9.17, 15) is 4.79 Å². The first kappa shape index (κ1) is 15.2. The normalized spacial score (nSPS) is 13.5. The molecule has 0 fully saturated rings. The van der Waals surface area contributed by atoms with Gasteiger partial charge in [-0.3, -0.25) is 4.79 Å². The van der Waals surface area contributed by atoms with Crippen molar-refractivity contribution >= 4 is 27.5 Å². The van der Waals surface area contributed by atoms with Crippen molar-refractivity contribution in [3.63, 3.8) is 0 Å². The van der Waals surface area contributed by atoms with Crippen molar-refractivity contribution in [2.75, 3.05) is 11.4 Å². The van der Waals surface area contributed by atoms with Crippen LogP contribution in [0.1, 0.15) is 37.0 Å². The van der Waals surface area contributed by atoms with Gasteiger partial charge in [0.05, 0.1) is 0 Å². The second-order valence-electron chi connectivity index (χ2n) is 5.38. The topological polar surface area (TPSA) is 59.2 Å². The fourth-order valence-corrected chi connectivity index (χ4v) is 3.10. The highest BCUT2D eigenvalue weighted by Gasteiger charge is 2.24. The zero-order chi connectivity index (χ0) is 15.5. The Balaban J connectivity index is 1.55. The van der Waals surface area contributed by atoms with Gasteiger partial charge in [-0.2, -0.15) is 4.98 Å². The Kier molecular flexibility index (Phi) is 4.57. The van der Waals surface area contributed by atoms with Crippen LogP contribution in [0.15, 0.2) is 27.2 Å².